The lowest BCUT2D eigenvalue weighted by Gasteiger charge is -2.16. The number of likely N-dealkylation sites (N-methyl/N-ethyl adjacent to an activating group) is 1. The zero-order chi connectivity index (χ0) is 16.2. The maximum Gasteiger partial charge on any atom is 0.234 e. The van der Waals surface area contributed by atoms with Crippen LogP contribution in [0.4, 0.5) is 0 Å². The molecule has 0 aliphatic rings. The van der Waals surface area contributed by atoms with E-state index in [1.165, 1.54) is 0 Å². The van der Waals surface area contributed by atoms with Gasteiger partial charge in [-0.3, -0.25) is 9.69 Å². The Hall–Kier alpha value is -1.59. The van der Waals surface area contributed by atoms with Crippen molar-refractivity contribution in [3.8, 4) is 5.75 Å². The summed E-state index contributed by atoms with van der Waals surface area (Å²) < 4.78 is 10.6. The standard InChI is InChI=1S/C17H28N2O3/c1-4-10-22-16-8-5-7-15(12-16)13-18-17(20)14-19(2)9-6-11-21-3/h5,7-8,12H,4,6,9-11,13-14H2,1-3H3,(H,18,20). The zero-order valence-electron chi connectivity index (χ0n) is 13.9. The Morgan fingerprint density at radius 2 is 2.14 bits per heavy atom. The lowest BCUT2D eigenvalue weighted by molar-refractivity contribution is -0.122. The molecule has 0 saturated carbocycles. The summed E-state index contributed by atoms with van der Waals surface area (Å²) in [7, 11) is 3.62. The molecule has 0 fully saturated rings. The maximum absolute atomic E-state index is 11.9. The highest BCUT2D eigenvalue weighted by Crippen LogP contribution is 2.13. The summed E-state index contributed by atoms with van der Waals surface area (Å²) in [6.45, 7) is 5.28. The fourth-order valence-corrected chi connectivity index (χ4v) is 2.02. The third-order valence-electron chi connectivity index (χ3n) is 3.16. The van der Waals surface area contributed by atoms with Crippen molar-refractivity contribution in [1.82, 2.24) is 10.2 Å². The molecule has 0 unspecified atom stereocenters. The molecule has 0 atom stereocenters. The summed E-state index contributed by atoms with van der Waals surface area (Å²) in [5.41, 5.74) is 1.05. The van der Waals surface area contributed by atoms with Crippen molar-refractivity contribution in [2.45, 2.75) is 26.3 Å². The molecule has 124 valence electrons. The molecule has 0 spiro atoms. The Balaban J connectivity index is 2.31. The number of nitrogens with one attached hydrogen (secondary N) is 1. The van der Waals surface area contributed by atoms with Gasteiger partial charge in [0.1, 0.15) is 5.75 Å². The second-order valence-corrected chi connectivity index (χ2v) is 5.36. The average Bonchev–Trinajstić information content (AvgIpc) is 2.51. The molecule has 0 bridgehead atoms. The number of methoxy groups -OCH3 is 1. The second-order valence-electron chi connectivity index (χ2n) is 5.36. The van der Waals surface area contributed by atoms with Crippen LogP contribution in [0.15, 0.2) is 24.3 Å². The van der Waals surface area contributed by atoms with Crippen molar-refractivity contribution in [2.75, 3.05) is 40.5 Å². The van der Waals surface area contributed by atoms with E-state index in [1.54, 1.807) is 7.11 Å². The van der Waals surface area contributed by atoms with Gasteiger partial charge >= 0.3 is 0 Å². The van der Waals surface area contributed by atoms with Gasteiger partial charge in [-0.15, -0.1) is 0 Å². The highest BCUT2D eigenvalue weighted by atomic mass is 16.5. The van der Waals surface area contributed by atoms with Crippen LogP contribution in [0.2, 0.25) is 0 Å². The fraction of sp³-hybridized carbons (Fsp3) is 0.588. The molecule has 0 saturated heterocycles. The molecule has 0 radical (unpaired) electrons. The van der Waals surface area contributed by atoms with Crippen LogP contribution in [0.1, 0.15) is 25.3 Å². The van der Waals surface area contributed by atoms with E-state index in [0.29, 0.717) is 19.7 Å². The van der Waals surface area contributed by atoms with Crippen LogP contribution in [-0.4, -0.2) is 51.3 Å². The summed E-state index contributed by atoms with van der Waals surface area (Å²) in [6.07, 6.45) is 1.91. The molecular weight excluding hydrogens is 280 g/mol. The van der Waals surface area contributed by atoms with Gasteiger partial charge < -0.3 is 14.8 Å². The summed E-state index contributed by atoms with van der Waals surface area (Å²) in [5, 5.41) is 2.94. The van der Waals surface area contributed by atoms with Gasteiger partial charge in [0.25, 0.3) is 0 Å². The highest BCUT2D eigenvalue weighted by Gasteiger charge is 2.06. The molecule has 0 aliphatic heterocycles. The van der Waals surface area contributed by atoms with Crippen LogP contribution in [0.25, 0.3) is 0 Å². The predicted octanol–water partition coefficient (Wildman–Crippen LogP) is 2.06. The minimum absolute atomic E-state index is 0.0276. The predicted molar refractivity (Wildman–Crippen MR) is 88.1 cm³/mol. The Kier molecular flexibility index (Phi) is 9.26. The first-order valence-corrected chi connectivity index (χ1v) is 7.81. The number of amides is 1. The minimum Gasteiger partial charge on any atom is -0.494 e. The first-order valence-electron chi connectivity index (χ1n) is 7.81. The van der Waals surface area contributed by atoms with Gasteiger partial charge in [0.2, 0.25) is 5.91 Å². The summed E-state index contributed by atoms with van der Waals surface area (Å²) in [4.78, 5) is 13.9. The van der Waals surface area contributed by atoms with Crippen molar-refractivity contribution < 1.29 is 14.3 Å². The van der Waals surface area contributed by atoms with Crippen molar-refractivity contribution >= 4 is 5.91 Å². The molecule has 0 aromatic heterocycles. The fourth-order valence-electron chi connectivity index (χ4n) is 2.02. The van der Waals surface area contributed by atoms with Gasteiger partial charge in [0, 0.05) is 26.8 Å². The Morgan fingerprint density at radius 1 is 1.32 bits per heavy atom. The van der Waals surface area contributed by atoms with Crippen LogP contribution < -0.4 is 10.1 Å². The largest absolute Gasteiger partial charge is 0.494 e. The van der Waals surface area contributed by atoms with Crippen LogP contribution in [0.5, 0.6) is 5.75 Å². The van der Waals surface area contributed by atoms with Crippen molar-refractivity contribution in [1.29, 1.82) is 0 Å². The highest BCUT2D eigenvalue weighted by molar-refractivity contribution is 5.77. The lowest BCUT2D eigenvalue weighted by atomic mass is 10.2. The molecule has 1 N–H and O–H groups in total. The van der Waals surface area contributed by atoms with E-state index in [-0.39, 0.29) is 5.91 Å². The Labute approximate surface area is 133 Å². The third kappa shape index (κ3) is 8.00. The van der Waals surface area contributed by atoms with Crippen LogP contribution >= 0.6 is 0 Å². The number of carbonyl (C=O) groups excluding carboxylic acids is 1. The number of hydrogen-bond donors (Lipinski definition) is 1. The summed E-state index contributed by atoms with van der Waals surface area (Å²) in [5.74, 6) is 0.880. The van der Waals surface area contributed by atoms with Crippen molar-refractivity contribution in [3.05, 3.63) is 29.8 Å². The van der Waals surface area contributed by atoms with Gasteiger partial charge in [-0.25, -0.2) is 0 Å². The molecule has 1 aromatic carbocycles. The molecule has 1 amide bonds. The normalized spacial score (nSPS) is 10.7. The smallest absolute Gasteiger partial charge is 0.234 e. The first kappa shape index (κ1) is 18.5. The maximum atomic E-state index is 11.9. The Morgan fingerprint density at radius 3 is 2.86 bits per heavy atom. The number of nitrogens with zero attached hydrogens (tertiary/aromatic N) is 1. The molecule has 1 rings (SSSR count). The topological polar surface area (TPSA) is 50.8 Å². The van der Waals surface area contributed by atoms with E-state index < -0.39 is 0 Å². The molecule has 0 heterocycles. The quantitative estimate of drug-likeness (QED) is 0.636. The number of hydrogen-bond acceptors (Lipinski definition) is 4. The Bertz CT molecular complexity index is 438. The first-order chi connectivity index (χ1) is 10.7. The average molecular weight is 308 g/mol. The van der Waals surface area contributed by atoms with E-state index in [2.05, 4.69) is 12.2 Å². The molecule has 5 nitrogen and oxygen atoms in total. The van der Waals surface area contributed by atoms with Gasteiger partial charge in [-0.2, -0.15) is 0 Å². The van der Waals surface area contributed by atoms with E-state index in [9.17, 15) is 4.79 Å². The van der Waals surface area contributed by atoms with E-state index in [1.807, 2.05) is 36.2 Å². The van der Waals surface area contributed by atoms with Crippen molar-refractivity contribution in [2.24, 2.45) is 0 Å². The second kappa shape index (κ2) is 11.0. The molecule has 22 heavy (non-hydrogen) atoms. The molecule has 0 aliphatic carbocycles. The van der Waals surface area contributed by atoms with Gasteiger partial charge in [0.15, 0.2) is 0 Å². The monoisotopic (exact) mass is 308 g/mol. The van der Waals surface area contributed by atoms with Crippen LogP contribution in [0, 0.1) is 0 Å². The summed E-state index contributed by atoms with van der Waals surface area (Å²) >= 11 is 0. The molecular formula is C17H28N2O3. The SMILES string of the molecule is CCCOc1cccc(CNC(=O)CN(C)CCCOC)c1. The van der Waals surface area contributed by atoms with Gasteiger partial charge in [0.05, 0.1) is 13.2 Å². The number of carbonyl (C=O) groups is 1. The molecule has 1 aromatic rings. The van der Waals surface area contributed by atoms with E-state index in [4.69, 9.17) is 9.47 Å². The van der Waals surface area contributed by atoms with Crippen LogP contribution in [-0.2, 0) is 16.1 Å². The lowest BCUT2D eigenvalue weighted by Crippen LogP contribution is -2.35. The number of benzene rings is 1. The summed E-state index contributed by atoms with van der Waals surface area (Å²) in [6, 6.07) is 7.84. The van der Waals surface area contributed by atoms with E-state index >= 15 is 0 Å². The van der Waals surface area contributed by atoms with Gasteiger partial charge in [-0.05, 0) is 37.6 Å². The molecule has 5 heteroatoms. The van der Waals surface area contributed by atoms with Crippen molar-refractivity contribution in [3.63, 3.8) is 0 Å². The van der Waals surface area contributed by atoms with Gasteiger partial charge in [-0.1, -0.05) is 19.1 Å². The minimum atomic E-state index is 0.0276. The zero-order valence-corrected chi connectivity index (χ0v) is 13.9. The van der Waals surface area contributed by atoms with Crippen LogP contribution in [0.3, 0.4) is 0 Å². The number of rotatable bonds is 11. The number of ether oxygens (including phenoxy) is 2. The van der Waals surface area contributed by atoms with E-state index in [0.717, 1.165) is 37.3 Å². The third-order valence-corrected chi connectivity index (χ3v) is 3.16.